The third kappa shape index (κ3) is 2.93. The number of carboxylic acid groups (broad SMARTS) is 1. The molecule has 128 valence electrons. The van der Waals surface area contributed by atoms with Crippen LogP contribution in [0, 0.1) is 11.3 Å². The van der Waals surface area contributed by atoms with E-state index in [9.17, 15) is 14.7 Å². The van der Waals surface area contributed by atoms with Crippen LogP contribution in [0.25, 0.3) is 0 Å². The normalized spacial score (nSPS) is 20.7. The van der Waals surface area contributed by atoms with Crippen LogP contribution < -0.4 is 0 Å². The van der Waals surface area contributed by atoms with E-state index in [2.05, 4.69) is 10.3 Å². The first-order valence-electron chi connectivity index (χ1n) is 7.87. The molecule has 0 spiro atoms. The summed E-state index contributed by atoms with van der Waals surface area (Å²) in [5.74, 6) is -1.13. The van der Waals surface area contributed by atoms with Crippen LogP contribution in [0.5, 0.6) is 0 Å². The highest BCUT2D eigenvalue weighted by atomic mass is 32.1. The van der Waals surface area contributed by atoms with Gasteiger partial charge in [-0.25, -0.2) is 4.68 Å². The van der Waals surface area contributed by atoms with Gasteiger partial charge in [0, 0.05) is 18.0 Å². The SMILES string of the molecule is CC(C)C1(C(=O)O)CCN(C(=O)c2cn(Cc3cccs3)nn2)C1. The molecule has 24 heavy (non-hydrogen) atoms. The van der Waals surface area contributed by atoms with E-state index in [1.807, 2.05) is 31.4 Å². The Labute approximate surface area is 143 Å². The summed E-state index contributed by atoms with van der Waals surface area (Å²) < 4.78 is 1.63. The molecule has 0 aromatic carbocycles. The number of aromatic nitrogens is 3. The molecule has 0 aliphatic carbocycles. The quantitative estimate of drug-likeness (QED) is 0.892. The molecule has 1 aliphatic rings. The zero-order valence-electron chi connectivity index (χ0n) is 13.7. The monoisotopic (exact) mass is 348 g/mol. The molecule has 7 nitrogen and oxygen atoms in total. The Bertz CT molecular complexity index is 740. The van der Waals surface area contributed by atoms with Gasteiger partial charge in [-0.1, -0.05) is 25.1 Å². The molecule has 2 aromatic rings. The maximum Gasteiger partial charge on any atom is 0.311 e. The maximum atomic E-state index is 12.6. The Morgan fingerprint density at radius 3 is 2.83 bits per heavy atom. The van der Waals surface area contributed by atoms with Crippen molar-refractivity contribution >= 4 is 23.2 Å². The lowest BCUT2D eigenvalue weighted by Crippen LogP contribution is -2.40. The third-order valence-electron chi connectivity index (χ3n) is 4.77. The van der Waals surface area contributed by atoms with Crippen molar-refractivity contribution in [2.45, 2.75) is 26.8 Å². The van der Waals surface area contributed by atoms with Crippen LogP contribution in [0.15, 0.2) is 23.7 Å². The van der Waals surface area contributed by atoms with Crippen LogP contribution in [0.4, 0.5) is 0 Å². The van der Waals surface area contributed by atoms with Gasteiger partial charge in [-0.05, 0) is 23.8 Å². The van der Waals surface area contributed by atoms with Gasteiger partial charge in [0.25, 0.3) is 5.91 Å². The largest absolute Gasteiger partial charge is 0.481 e. The van der Waals surface area contributed by atoms with Crippen molar-refractivity contribution in [1.29, 1.82) is 0 Å². The molecule has 8 heteroatoms. The van der Waals surface area contributed by atoms with E-state index in [0.717, 1.165) is 4.88 Å². The molecular formula is C16H20N4O3S. The van der Waals surface area contributed by atoms with Crippen molar-refractivity contribution in [2.75, 3.05) is 13.1 Å². The van der Waals surface area contributed by atoms with E-state index in [-0.39, 0.29) is 24.1 Å². The molecule has 2 aromatic heterocycles. The molecule has 1 aliphatic heterocycles. The van der Waals surface area contributed by atoms with E-state index in [0.29, 0.717) is 19.5 Å². The third-order valence-corrected chi connectivity index (χ3v) is 5.64. The Hall–Kier alpha value is -2.22. The second-order valence-corrected chi connectivity index (χ2v) is 7.51. The number of amides is 1. The molecule has 0 saturated carbocycles. The number of hydrogen-bond acceptors (Lipinski definition) is 5. The van der Waals surface area contributed by atoms with E-state index < -0.39 is 11.4 Å². The van der Waals surface area contributed by atoms with Gasteiger partial charge in [0.15, 0.2) is 5.69 Å². The van der Waals surface area contributed by atoms with Crippen LogP contribution in [0.1, 0.15) is 35.6 Å². The second-order valence-electron chi connectivity index (χ2n) is 6.47. The summed E-state index contributed by atoms with van der Waals surface area (Å²) in [6, 6.07) is 3.96. The summed E-state index contributed by atoms with van der Waals surface area (Å²) in [7, 11) is 0. The molecule has 1 N–H and O–H groups in total. The van der Waals surface area contributed by atoms with Gasteiger partial charge in [-0.15, -0.1) is 16.4 Å². The van der Waals surface area contributed by atoms with E-state index >= 15 is 0 Å². The van der Waals surface area contributed by atoms with Gasteiger partial charge in [0.2, 0.25) is 0 Å². The number of carbonyl (C=O) groups is 2. The first-order chi connectivity index (χ1) is 11.4. The minimum Gasteiger partial charge on any atom is -0.481 e. The zero-order chi connectivity index (χ0) is 17.3. The number of rotatable bonds is 5. The Balaban J connectivity index is 1.71. The number of nitrogens with zero attached hydrogens (tertiary/aromatic N) is 4. The lowest BCUT2D eigenvalue weighted by molar-refractivity contribution is -0.150. The standard InChI is InChI=1S/C16H20N4O3S/c1-11(2)16(15(22)23)5-6-19(10-16)14(21)13-9-20(18-17-13)8-12-4-3-7-24-12/h3-4,7,9,11H,5-6,8,10H2,1-2H3,(H,22,23). The fourth-order valence-corrected chi connectivity index (χ4v) is 3.79. The topological polar surface area (TPSA) is 88.3 Å². The Morgan fingerprint density at radius 1 is 1.46 bits per heavy atom. The predicted octanol–water partition coefficient (Wildman–Crippen LogP) is 1.96. The molecule has 0 bridgehead atoms. The van der Waals surface area contributed by atoms with Crippen LogP contribution in [-0.4, -0.2) is 50.0 Å². The summed E-state index contributed by atoms with van der Waals surface area (Å²) in [5, 5.41) is 19.5. The Morgan fingerprint density at radius 2 is 2.25 bits per heavy atom. The average molecular weight is 348 g/mol. The number of carbonyl (C=O) groups excluding carboxylic acids is 1. The highest BCUT2D eigenvalue weighted by molar-refractivity contribution is 7.09. The van der Waals surface area contributed by atoms with Crippen molar-refractivity contribution in [1.82, 2.24) is 19.9 Å². The molecule has 3 rings (SSSR count). The molecule has 1 atom stereocenters. The van der Waals surface area contributed by atoms with Crippen LogP contribution in [-0.2, 0) is 11.3 Å². The second kappa shape index (κ2) is 6.35. The lowest BCUT2D eigenvalue weighted by Gasteiger charge is -2.28. The molecule has 1 amide bonds. The minimum atomic E-state index is -0.872. The van der Waals surface area contributed by atoms with E-state index in [4.69, 9.17) is 0 Å². The van der Waals surface area contributed by atoms with Gasteiger partial charge in [-0.2, -0.15) is 0 Å². The molecule has 0 radical (unpaired) electrons. The number of thiophene rings is 1. The number of likely N-dealkylation sites (tertiary alicyclic amines) is 1. The number of aliphatic carboxylic acids is 1. The summed E-state index contributed by atoms with van der Waals surface area (Å²) in [4.78, 5) is 27.0. The van der Waals surface area contributed by atoms with Crippen LogP contribution in [0.3, 0.4) is 0 Å². The summed E-state index contributed by atoms with van der Waals surface area (Å²) in [6.45, 7) is 5.00. The lowest BCUT2D eigenvalue weighted by atomic mass is 9.76. The fraction of sp³-hybridized carbons (Fsp3) is 0.500. The number of hydrogen-bond donors (Lipinski definition) is 1. The zero-order valence-corrected chi connectivity index (χ0v) is 14.5. The first-order valence-corrected chi connectivity index (χ1v) is 8.75. The van der Waals surface area contributed by atoms with Crippen molar-refractivity contribution in [3.05, 3.63) is 34.3 Å². The van der Waals surface area contributed by atoms with Crippen LogP contribution >= 0.6 is 11.3 Å². The average Bonchev–Trinajstić information content (AvgIpc) is 3.27. The van der Waals surface area contributed by atoms with Crippen molar-refractivity contribution in [3.63, 3.8) is 0 Å². The van der Waals surface area contributed by atoms with E-state index in [1.165, 1.54) is 0 Å². The maximum absolute atomic E-state index is 12.6. The van der Waals surface area contributed by atoms with Crippen molar-refractivity contribution in [2.24, 2.45) is 11.3 Å². The number of carboxylic acids is 1. The van der Waals surface area contributed by atoms with E-state index in [1.54, 1.807) is 27.1 Å². The highest BCUT2D eigenvalue weighted by Crippen LogP contribution is 2.38. The van der Waals surface area contributed by atoms with Crippen molar-refractivity contribution in [3.8, 4) is 0 Å². The molecular weight excluding hydrogens is 328 g/mol. The van der Waals surface area contributed by atoms with Gasteiger partial charge >= 0.3 is 5.97 Å². The summed E-state index contributed by atoms with van der Waals surface area (Å²) in [5.41, 5.74) is -0.612. The smallest absolute Gasteiger partial charge is 0.311 e. The highest BCUT2D eigenvalue weighted by Gasteiger charge is 2.48. The molecule has 1 unspecified atom stereocenters. The fourth-order valence-electron chi connectivity index (χ4n) is 3.10. The summed E-state index contributed by atoms with van der Waals surface area (Å²) in [6.07, 6.45) is 2.09. The van der Waals surface area contributed by atoms with Gasteiger partial charge in [0.05, 0.1) is 18.2 Å². The van der Waals surface area contributed by atoms with Crippen molar-refractivity contribution < 1.29 is 14.7 Å². The van der Waals surface area contributed by atoms with Crippen LogP contribution in [0.2, 0.25) is 0 Å². The summed E-state index contributed by atoms with van der Waals surface area (Å²) >= 11 is 1.62. The molecule has 1 fully saturated rings. The predicted molar refractivity (Wildman–Crippen MR) is 88.9 cm³/mol. The first kappa shape index (κ1) is 16.6. The molecule has 3 heterocycles. The Kier molecular flexibility index (Phi) is 4.40. The minimum absolute atomic E-state index is 0.0395. The van der Waals surface area contributed by atoms with Gasteiger partial charge in [0.1, 0.15) is 0 Å². The van der Waals surface area contributed by atoms with Gasteiger partial charge in [-0.3, -0.25) is 9.59 Å². The van der Waals surface area contributed by atoms with Gasteiger partial charge < -0.3 is 10.0 Å². The molecule has 1 saturated heterocycles.